The monoisotopic (exact) mass is 622 g/mol. The van der Waals surface area contributed by atoms with Gasteiger partial charge in [0.2, 0.25) is 0 Å². The Labute approximate surface area is 268 Å². The summed E-state index contributed by atoms with van der Waals surface area (Å²) in [5, 5.41) is 0. The Morgan fingerprint density at radius 2 is 0.955 bits per heavy atom. The third-order valence-electron chi connectivity index (χ3n) is 4.72. The fourth-order valence-electron chi connectivity index (χ4n) is 2.83. The van der Waals surface area contributed by atoms with E-state index >= 15 is 0 Å². The van der Waals surface area contributed by atoms with Gasteiger partial charge in [-0.25, -0.2) is 4.79 Å². The van der Waals surface area contributed by atoms with Crippen LogP contribution in [0.4, 0.5) is 0 Å². The second-order valence-corrected chi connectivity index (χ2v) is 8.04. The Bertz CT molecular complexity index is 1010. The van der Waals surface area contributed by atoms with E-state index in [0.717, 1.165) is 5.56 Å². The molecule has 2 aromatic carbocycles. The van der Waals surface area contributed by atoms with E-state index in [9.17, 15) is 28.8 Å². The van der Waals surface area contributed by atoms with Gasteiger partial charge in [-0.15, -0.1) is 0 Å². The van der Waals surface area contributed by atoms with Gasteiger partial charge in [-0.3, -0.25) is 24.0 Å². The molecule has 8 nitrogen and oxygen atoms in total. The van der Waals surface area contributed by atoms with E-state index in [2.05, 4.69) is 23.3 Å². The van der Waals surface area contributed by atoms with Crippen molar-refractivity contribution in [1.29, 1.82) is 0 Å². The molecular weight excluding hydrogens is 560 g/mol. The van der Waals surface area contributed by atoms with Crippen molar-refractivity contribution in [3.63, 3.8) is 0 Å². The molecule has 0 saturated carbocycles. The Morgan fingerprint density at radius 3 is 1.32 bits per heavy atom. The summed E-state index contributed by atoms with van der Waals surface area (Å²) in [7, 11) is 0. The van der Waals surface area contributed by atoms with Crippen molar-refractivity contribution in [3.8, 4) is 0 Å². The Balaban J connectivity index is -0.000000110. The molecule has 2 aromatic rings. The third-order valence-corrected chi connectivity index (χ3v) is 4.72. The molecule has 0 aliphatic heterocycles. The molecule has 0 unspecified atom stereocenters. The minimum absolute atomic E-state index is 0. The molecule has 0 radical (unpaired) electrons. The number of hydrogen-bond acceptors (Lipinski definition) is 8. The summed E-state index contributed by atoms with van der Waals surface area (Å²) in [6.07, 6.45) is 2.83. The van der Waals surface area contributed by atoms with Gasteiger partial charge in [0.15, 0.2) is 17.3 Å². The lowest BCUT2D eigenvalue weighted by molar-refractivity contribution is -0.145. The van der Waals surface area contributed by atoms with Crippen molar-refractivity contribution in [2.24, 2.45) is 0 Å². The lowest BCUT2D eigenvalue weighted by atomic mass is 10.1. The molecule has 0 bridgehead atoms. The Morgan fingerprint density at radius 1 is 0.545 bits per heavy atom. The standard InChI is InChI=1S/C16H16O7.C9H10O.C5H12.6CH4/c1-2-22-14(19)9-12(17)8-13(18)10-15(20)23-16(21)11-6-4-3-5-7-11;1-2-9(10)8-6-4-3-5-7-8;1-3-5-4-2;;;;;;/h3-7H,2,8-10H2,1H3;3-7H,2H2,1H3;3-5H2,1-2H3;6*1H4. The summed E-state index contributed by atoms with van der Waals surface area (Å²) in [5.41, 5.74) is 0.983. The van der Waals surface area contributed by atoms with Gasteiger partial charge in [0, 0.05) is 12.0 Å². The maximum absolute atomic E-state index is 11.6. The molecular formula is C36H62O8. The van der Waals surface area contributed by atoms with Crippen LogP contribution in [0.1, 0.15) is 138 Å². The lowest BCUT2D eigenvalue weighted by Gasteiger charge is -2.03. The van der Waals surface area contributed by atoms with Crippen LogP contribution in [0.5, 0.6) is 0 Å². The number of unbranched alkanes of at least 4 members (excludes halogenated alkanes) is 2. The largest absolute Gasteiger partial charge is 0.466 e. The van der Waals surface area contributed by atoms with Gasteiger partial charge in [-0.2, -0.15) is 0 Å². The highest BCUT2D eigenvalue weighted by Crippen LogP contribution is 2.04. The summed E-state index contributed by atoms with van der Waals surface area (Å²) in [5.74, 6) is -3.83. The van der Waals surface area contributed by atoms with Crippen molar-refractivity contribution < 1.29 is 38.2 Å². The molecule has 0 saturated heterocycles. The number of ketones is 3. The average molecular weight is 623 g/mol. The van der Waals surface area contributed by atoms with E-state index in [1.807, 2.05) is 37.3 Å². The van der Waals surface area contributed by atoms with Gasteiger partial charge in [-0.05, 0) is 19.1 Å². The molecule has 8 heteroatoms. The maximum Gasteiger partial charge on any atom is 0.345 e. The minimum Gasteiger partial charge on any atom is -0.466 e. The zero-order chi connectivity index (χ0) is 28.8. The number of carbonyl (C=O) groups is 6. The van der Waals surface area contributed by atoms with Gasteiger partial charge in [-0.1, -0.05) is 133 Å². The summed E-state index contributed by atoms with van der Waals surface area (Å²) in [4.78, 5) is 68.1. The van der Waals surface area contributed by atoms with Gasteiger partial charge < -0.3 is 9.47 Å². The first-order chi connectivity index (χ1) is 18.2. The smallest absolute Gasteiger partial charge is 0.345 e. The molecule has 2 rings (SSSR count). The highest BCUT2D eigenvalue weighted by Gasteiger charge is 2.20. The molecule has 0 atom stereocenters. The second-order valence-electron chi connectivity index (χ2n) is 8.04. The van der Waals surface area contributed by atoms with E-state index in [0.29, 0.717) is 6.42 Å². The van der Waals surface area contributed by atoms with Crippen LogP contribution in [-0.2, 0) is 28.7 Å². The van der Waals surface area contributed by atoms with Gasteiger partial charge in [0.1, 0.15) is 12.8 Å². The van der Waals surface area contributed by atoms with Crippen LogP contribution >= 0.6 is 0 Å². The van der Waals surface area contributed by atoms with Crippen molar-refractivity contribution in [2.45, 2.75) is 117 Å². The summed E-state index contributed by atoms with van der Waals surface area (Å²) in [6.45, 7) is 8.02. The minimum atomic E-state index is -1.05. The zero-order valence-electron chi connectivity index (χ0n) is 22.7. The molecule has 0 aliphatic rings. The van der Waals surface area contributed by atoms with Crippen LogP contribution in [0.25, 0.3) is 0 Å². The lowest BCUT2D eigenvalue weighted by Crippen LogP contribution is -2.19. The quantitative estimate of drug-likeness (QED) is 0.130. The number of hydrogen-bond donors (Lipinski definition) is 0. The highest BCUT2D eigenvalue weighted by atomic mass is 16.6. The van der Waals surface area contributed by atoms with Crippen molar-refractivity contribution in [3.05, 3.63) is 71.8 Å². The van der Waals surface area contributed by atoms with Crippen LogP contribution in [0.15, 0.2) is 60.7 Å². The fourth-order valence-corrected chi connectivity index (χ4v) is 2.83. The van der Waals surface area contributed by atoms with E-state index in [-0.39, 0.29) is 62.5 Å². The number of ether oxygens (including phenoxy) is 2. The van der Waals surface area contributed by atoms with Gasteiger partial charge in [0.05, 0.1) is 18.6 Å². The number of esters is 3. The molecule has 0 aliphatic carbocycles. The molecule has 0 aromatic heterocycles. The SMILES string of the molecule is C.C.C.C.C.C.CCC(=O)c1ccccc1.CCCCC.CCOC(=O)CC(=O)CC(=O)CC(=O)OC(=O)c1ccccc1. The van der Waals surface area contributed by atoms with E-state index in [4.69, 9.17) is 0 Å². The van der Waals surface area contributed by atoms with Crippen LogP contribution < -0.4 is 0 Å². The first kappa shape index (κ1) is 55.9. The Hall–Kier alpha value is -3.94. The fraction of sp³-hybridized carbons (Fsp3) is 0.500. The average Bonchev–Trinajstić information content (AvgIpc) is 2.90. The second kappa shape index (κ2) is 35.3. The van der Waals surface area contributed by atoms with Crippen LogP contribution in [0.2, 0.25) is 0 Å². The highest BCUT2D eigenvalue weighted by molar-refractivity contribution is 6.10. The first-order valence-corrected chi connectivity index (χ1v) is 12.8. The third kappa shape index (κ3) is 28.2. The molecule has 0 spiro atoms. The zero-order valence-corrected chi connectivity index (χ0v) is 22.7. The predicted octanol–water partition coefficient (Wildman–Crippen LogP) is 9.53. The molecule has 0 heterocycles. The van der Waals surface area contributed by atoms with Crippen LogP contribution in [-0.4, -0.2) is 41.9 Å². The Kier molecular flexibility index (Phi) is 44.8. The van der Waals surface area contributed by atoms with Crippen molar-refractivity contribution in [1.82, 2.24) is 0 Å². The number of rotatable bonds is 12. The van der Waals surface area contributed by atoms with Crippen molar-refractivity contribution in [2.75, 3.05) is 6.61 Å². The molecule has 0 N–H and O–H groups in total. The predicted molar refractivity (Wildman–Crippen MR) is 184 cm³/mol. The van der Waals surface area contributed by atoms with E-state index in [1.165, 1.54) is 31.4 Å². The molecule has 0 amide bonds. The van der Waals surface area contributed by atoms with Crippen LogP contribution in [0, 0.1) is 0 Å². The molecule has 254 valence electrons. The first-order valence-electron chi connectivity index (χ1n) is 12.8. The topological polar surface area (TPSA) is 121 Å². The van der Waals surface area contributed by atoms with Gasteiger partial charge >= 0.3 is 17.9 Å². The van der Waals surface area contributed by atoms with E-state index in [1.54, 1.807) is 25.1 Å². The van der Waals surface area contributed by atoms with E-state index < -0.39 is 48.7 Å². The summed E-state index contributed by atoms with van der Waals surface area (Å²) >= 11 is 0. The maximum atomic E-state index is 11.6. The van der Waals surface area contributed by atoms with Crippen molar-refractivity contribution >= 4 is 35.3 Å². The van der Waals surface area contributed by atoms with Gasteiger partial charge in [0.25, 0.3) is 0 Å². The number of benzene rings is 2. The summed E-state index contributed by atoms with van der Waals surface area (Å²) in [6, 6.07) is 17.1. The number of Topliss-reactive ketones (excluding diaryl/α,β-unsaturated/α-hetero) is 3. The normalized spacial score (nSPS) is 8.18. The number of carbonyl (C=O) groups excluding carboxylic acids is 6. The summed E-state index contributed by atoms with van der Waals surface area (Å²) < 4.78 is 9.08. The van der Waals surface area contributed by atoms with Crippen LogP contribution in [0.3, 0.4) is 0 Å². The molecule has 44 heavy (non-hydrogen) atoms. The molecule has 0 fully saturated rings.